The minimum atomic E-state index is -0.0179. The van der Waals surface area contributed by atoms with Gasteiger partial charge in [-0.3, -0.25) is 0 Å². The number of hydrogen-bond donors (Lipinski definition) is 1. The maximum Gasteiger partial charge on any atom is 0.322 e. The summed E-state index contributed by atoms with van der Waals surface area (Å²) in [5.74, 6) is 0. The van der Waals surface area contributed by atoms with Crippen LogP contribution >= 0.6 is 0 Å². The lowest BCUT2D eigenvalue weighted by Gasteiger charge is -2.28. The van der Waals surface area contributed by atoms with Crippen molar-refractivity contribution in [1.29, 1.82) is 0 Å². The molecule has 1 aromatic rings. The van der Waals surface area contributed by atoms with Gasteiger partial charge >= 0.3 is 6.03 Å². The standard InChI is InChI=1S/C16H22N2O/c1-3-12-18(15-6-4-5-7-15)16(19)17-14-10-8-13(2)9-11-14/h3,8-11,15H,1,4-7,12H2,2H3,(H,17,19). The van der Waals surface area contributed by atoms with E-state index < -0.39 is 0 Å². The van der Waals surface area contributed by atoms with Crippen LogP contribution in [0, 0.1) is 6.92 Å². The second-order valence-electron chi connectivity index (χ2n) is 5.18. The van der Waals surface area contributed by atoms with E-state index in [1.54, 1.807) is 6.08 Å². The SMILES string of the molecule is C=CCN(C(=O)Nc1ccc(C)cc1)C1CCCC1. The normalized spacial score (nSPS) is 15.2. The van der Waals surface area contributed by atoms with E-state index in [-0.39, 0.29) is 6.03 Å². The first-order valence-corrected chi connectivity index (χ1v) is 6.96. The van der Waals surface area contributed by atoms with Crippen LogP contribution in [0.5, 0.6) is 0 Å². The van der Waals surface area contributed by atoms with E-state index in [9.17, 15) is 4.79 Å². The second kappa shape index (κ2) is 6.41. The summed E-state index contributed by atoms with van der Waals surface area (Å²) in [6, 6.07) is 8.23. The molecule has 0 aliphatic heterocycles. The maximum atomic E-state index is 12.3. The van der Waals surface area contributed by atoms with Crippen LogP contribution in [0.1, 0.15) is 31.2 Å². The van der Waals surface area contributed by atoms with Crippen LogP contribution in [-0.2, 0) is 0 Å². The van der Waals surface area contributed by atoms with Crippen molar-refractivity contribution in [3.63, 3.8) is 0 Å². The Morgan fingerprint density at radius 1 is 1.37 bits per heavy atom. The fourth-order valence-corrected chi connectivity index (χ4v) is 2.58. The summed E-state index contributed by atoms with van der Waals surface area (Å²) in [6.45, 7) is 6.40. The third-order valence-electron chi connectivity index (χ3n) is 3.65. The first kappa shape index (κ1) is 13.7. The molecular weight excluding hydrogens is 236 g/mol. The maximum absolute atomic E-state index is 12.3. The molecular formula is C16H22N2O. The summed E-state index contributed by atoms with van der Waals surface area (Å²) in [4.78, 5) is 14.2. The van der Waals surface area contributed by atoms with E-state index in [0.717, 1.165) is 18.5 Å². The Balaban J connectivity index is 2.02. The minimum absolute atomic E-state index is 0.0179. The Morgan fingerprint density at radius 3 is 2.58 bits per heavy atom. The first-order valence-electron chi connectivity index (χ1n) is 6.96. The quantitative estimate of drug-likeness (QED) is 0.815. The van der Waals surface area contributed by atoms with Crippen LogP contribution in [0.4, 0.5) is 10.5 Å². The van der Waals surface area contributed by atoms with Gasteiger partial charge in [-0.15, -0.1) is 6.58 Å². The van der Waals surface area contributed by atoms with E-state index >= 15 is 0 Å². The van der Waals surface area contributed by atoms with Gasteiger partial charge in [0.05, 0.1) is 0 Å². The molecule has 0 unspecified atom stereocenters. The summed E-state index contributed by atoms with van der Waals surface area (Å²) < 4.78 is 0. The molecule has 0 aromatic heterocycles. The molecule has 1 N–H and O–H groups in total. The Morgan fingerprint density at radius 2 is 2.00 bits per heavy atom. The van der Waals surface area contributed by atoms with Crippen molar-refractivity contribution in [3.05, 3.63) is 42.5 Å². The van der Waals surface area contributed by atoms with Gasteiger partial charge in [0.2, 0.25) is 0 Å². The van der Waals surface area contributed by atoms with Crippen LogP contribution in [0.3, 0.4) is 0 Å². The molecule has 0 bridgehead atoms. The van der Waals surface area contributed by atoms with Crippen molar-refractivity contribution < 1.29 is 4.79 Å². The predicted molar refractivity (Wildman–Crippen MR) is 79.4 cm³/mol. The highest BCUT2D eigenvalue weighted by Crippen LogP contribution is 2.24. The lowest BCUT2D eigenvalue weighted by atomic mass is 10.2. The van der Waals surface area contributed by atoms with Crippen molar-refractivity contribution >= 4 is 11.7 Å². The lowest BCUT2D eigenvalue weighted by molar-refractivity contribution is 0.196. The number of urea groups is 1. The van der Waals surface area contributed by atoms with Gasteiger partial charge < -0.3 is 10.2 Å². The molecule has 2 rings (SSSR count). The van der Waals surface area contributed by atoms with Crippen LogP contribution in [0.2, 0.25) is 0 Å². The van der Waals surface area contributed by atoms with E-state index in [4.69, 9.17) is 0 Å². The smallest absolute Gasteiger partial charge is 0.318 e. The number of nitrogens with zero attached hydrogens (tertiary/aromatic N) is 1. The first-order chi connectivity index (χ1) is 9.20. The third kappa shape index (κ3) is 3.60. The molecule has 0 saturated heterocycles. The molecule has 0 spiro atoms. The monoisotopic (exact) mass is 258 g/mol. The van der Waals surface area contributed by atoms with E-state index in [1.807, 2.05) is 36.1 Å². The van der Waals surface area contributed by atoms with Crippen molar-refractivity contribution in [2.75, 3.05) is 11.9 Å². The van der Waals surface area contributed by atoms with Gasteiger partial charge in [-0.25, -0.2) is 4.79 Å². The number of aryl methyl sites for hydroxylation is 1. The number of amides is 2. The van der Waals surface area contributed by atoms with Gasteiger partial charge in [-0.1, -0.05) is 36.6 Å². The zero-order chi connectivity index (χ0) is 13.7. The highest BCUT2D eigenvalue weighted by atomic mass is 16.2. The van der Waals surface area contributed by atoms with E-state index in [0.29, 0.717) is 12.6 Å². The number of anilines is 1. The van der Waals surface area contributed by atoms with Gasteiger partial charge in [0.25, 0.3) is 0 Å². The zero-order valence-electron chi connectivity index (χ0n) is 11.6. The number of carbonyl (C=O) groups excluding carboxylic acids is 1. The molecule has 3 nitrogen and oxygen atoms in total. The summed E-state index contributed by atoms with van der Waals surface area (Å²) in [5.41, 5.74) is 2.04. The molecule has 1 fully saturated rings. The Kier molecular flexibility index (Phi) is 4.61. The number of hydrogen-bond acceptors (Lipinski definition) is 1. The van der Waals surface area contributed by atoms with Crippen LogP contribution in [-0.4, -0.2) is 23.5 Å². The number of carbonyl (C=O) groups is 1. The fraction of sp³-hybridized carbons (Fsp3) is 0.438. The Labute approximate surface area is 115 Å². The molecule has 3 heteroatoms. The van der Waals surface area contributed by atoms with Crippen molar-refractivity contribution in [1.82, 2.24) is 4.90 Å². The topological polar surface area (TPSA) is 32.3 Å². The molecule has 1 saturated carbocycles. The average molecular weight is 258 g/mol. The van der Waals surface area contributed by atoms with Crippen LogP contribution < -0.4 is 5.32 Å². The predicted octanol–water partition coefficient (Wildman–Crippen LogP) is 3.96. The van der Waals surface area contributed by atoms with Gasteiger partial charge in [0.15, 0.2) is 0 Å². The molecule has 102 valence electrons. The van der Waals surface area contributed by atoms with E-state index in [1.165, 1.54) is 18.4 Å². The zero-order valence-corrected chi connectivity index (χ0v) is 11.6. The lowest BCUT2D eigenvalue weighted by Crippen LogP contribution is -2.41. The number of benzene rings is 1. The Bertz CT molecular complexity index is 433. The van der Waals surface area contributed by atoms with Crippen molar-refractivity contribution in [2.45, 2.75) is 38.6 Å². The number of nitrogens with one attached hydrogen (secondary N) is 1. The van der Waals surface area contributed by atoms with Gasteiger partial charge in [-0.2, -0.15) is 0 Å². The summed E-state index contributed by atoms with van der Waals surface area (Å²) in [5, 5.41) is 2.97. The molecule has 2 amide bonds. The van der Waals surface area contributed by atoms with Gasteiger partial charge in [0.1, 0.15) is 0 Å². The molecule has 0 atom stereocenters. The fourth-order valence-electron chi connectivity index (χ4n) is 2.58. The third-order valence-corrected chi connectivity index (χ3v) is 3.65. The molecule has 0 radical (unpaired) electrons. The minimum Gasteiger partial charge on any atom is -0.318 e. The second-order valence-corrected chi connectivity index (χ2v) is 5.18. The summed E-state index contributed by atoms with van der Waals surface area (Å²) >= 11 is 0. The highest BCUT2D eigenvalue weighted by Gasteiger charge is 2.25. The van der Waals surface area contributed by atoms with E-state index in [2.05, 4.69) is 11.9 Å². The highest BCUT2D eigenvalue weighted by molar-refractivity contribution is 5.89. The largest absolute Gasteiger partial charge is 0.322 e. The molecule has 0 heterocycles. The molecule has 1 aromatic carbocycles. The average Bonchev–Trinajstić information content (AvgIpc) is 2.92. The molecule has 1 aliphatic carbocycles. The summed E-state index contributed by atoms with van der Waals surface area (Å²) in [7, 11) is 0. The van der Waals surface area contributed by atoms with Gasteiger partial charge in [-0.05, 0) is 31.9 Å². The Hall–Kier alpha value is -1.77. The van der Waals surface area contributed by atoms with Crippen molar-refractivity contribution in [3.8, 4) is 0 Å². The van der Waals surface area contributed by atoms with Crippen LogP contribution in [0.25, 0.3) is 0 Å². The molecule has 19 heavy (non-hydrogen) atoms. The van der Waals surface area contributed by atoms with Crippen molar-refractivity contribution in [2.24, 2.45) is 0 Å². The molecule has 1 aliphatic rings. The van der Waals surface area contributed by atoms with Gasteiger partial charge in [0, 0.05) is 18.3 Å². The van der Waals surface area contributed by atoms with Crippen LogP contribution in [0.15, 0.2) is 36.9 Å². The number of rotatable bonds is 4. The summed E-state index contributed by atoms with van der Waals surface area (Å²) in [6.07, 6.45) is 6.45.